The van der Waals surface area contributed by atoms with Crippen LogP contribution in [0.5, 0.6) is 0 Å². The molecule has 1 unspecified atom stereocenters. The first-order valence-electron chi connectivity index (χ1n) is 5.88. The van der Waals surface area contributed by atoms with Gasteiger partial charge in [0.1, 0.15) is 5.82 Å². The summed E-state index contributed by atoms with van der Waals surface area (Å²) in [5.74, 6) is -0.324. The lowest BCUT2D eigenvalue weighted by molar-refractivity contribution is 0.196. The van der Waals surface area contributed by atoms with Crippen molar-refractivity contribution in [1.29, 1.82) is 5.26 Å². The second-order valence-electron chi connectivity index (χ2n) is 4.43. The van der Waals surface area contributed by atoms with Gasteiger partial charge in [-0.1, -0.05) is 15.9 Å². The van der Waals surface area contributed by atoms with Gasteiger partial charge < -0.3 is 9.80 Å². The fourth-order valence-corrected chi connectivity index (χ4v) is 2.59. The average Bonchev–Trinajstić information content (AvgIpc) is 2.67. The van der Waals surface area contributed by atoms with Crippen molar-refractivity contribution in [2.75, 3.05) is 20.1 Å². The monoisotopic (exact) mass is 325 g/mol. The third-order valence-corrected chi connectivity index (χ3v) is 3.74. The summed E-state index contributed by atoms with van der Waals surface area (Å²) in [7, 11) is 1.65. The van der Waals surface area contributed by atoms with Crippen LogP contribution in [0.25, 0.3) is 0 Å². The van der Waals surface area contributed by atoms with Gasteiger partial charge in [-0.15, -0.1) is 0 Å². The van der Waals surface area contributed by atoms with Crippen molar-refractivity contribution in [2.45, 2.75) is 12.5 Å². The number of likely N-dealkylation sites (N-methyl/N-ethyl adjacent to an activating group) is 1. The Hall–Kier alpha value is -1.61. The smallest absolute Gasteiger partial charge is 0.320 e. The molecule has 0 N–H and O–H groups in total. The maximum Gasteiger partial charge on any atom is 0.320 e. The summed E-state index contributed by atoms with van der Waals surface area (Å²) in [5, 5.41) is 8.57. The Kier molecular flexibility index (Phi) is 4.05. The highest BCUT2D eigenvalue weighted by Gasteiger charge is 2.36. The van der Waals surface area contributed by atoms with Crippen LogP contribution in [0.15, 0.2) is 22.7 Å². The highest BCUT2D eigenvalue weighted by atomic mass is 79.9. The average molecular weight is 326 g/mol. The lowest BCUT2D eigenvalue weighted by Gasteiger charge is -2.18. The van der Waals surface area contributed by atoms with E-state index >= 15 is 0 Å². The lowest BCUT2D eigenvalue weighted by Crippen LogP contribution is -2.30. The summed E-state index contributed by atoms with van der Waals surface area (Å²) in [6.45, 7) is 0.788. The van der Waals surface area contributed by atoms with Crippen molar-refractivity contribution in [3.05, 3.63) is 34.1 Å². The number of carbonyl (C=O) groups is 1. The SMILES string of the molecule is CN1C(=O)N(CCC#N)CC1c1cc(Br)ccc1F. The van der Waals surface area contributed by atoms with Gasteiger partial charge in [-0.2, -0.15) is 5.26 Å². The molecule has 1 aliphatic rings. The van der Waals surface area contributed by atoms with E-state index in [2.05, 4.69) is 15.9 Å². The van der Waals surface area contributed by atoms with Gasteiger partial charge in [-0.25, -0.2) is 9.18 Å². The molecule has 19 heavy (non-hydrogen) atoms. The van der Waals surface area contributed by atoms with Gasteiger partial charge in [-0.3, -0.25) is 0 Å². The number of nitriles is 1. The predicted octanol–water partition coefficient (Wildman–Crippen LogP) is 2.91. The fraction of sp³-hybridized carbons (Fsp3) is 0.385. The van der Waals surface area contributed by atoms with Crippen molar-refractivity contribution >= 4 is 22.0 Å². The molecule has 1 aromatic carbocycles. The minimum atomic E-state index is -0.324. The van der Waals surface area contributed by atoms with Crippen LogP contribution in [0.4, 0.5) is 9.18 Å². The quantitative estimate of drug-likeness (QED) is 0.857. The molecule has 0 saturated carbocycles. The van der Waals surface area contributed by atoms with Gasteiger partial charge >= 0.3 is 6.03 Å². The molecule has 100 valence electrons. The van der Waals surface area contributed by atoms with E-state index in [1.165, 1.54) is 11.0 Å². The van der Waals surface area contributed by atoms with Crippen LogP contribution in [0, 0.1) is 17.1 Å². The molecule has 2 amide bonds. The van der Waals surface area contributed by atoms with Crippen molar-refractivity contribution < 1.29 is 9.18 Å². The third-order valence-electron chi connectivity index (χ3n) is 3.24. The van der Waals surface area contributed by atoms with E-state index in [-0.39, 0.29) is 24.3 Å². The third kappa shape index (κ3) is 2.71. The molecule has 0 aliphatic carbocycles. The number of rotatable bonds is 3. The molecule has 1 saturated heterocycles. The molecule has 1 atom stereocenters. The van der Waals surface area contributed by atoms with Crippen LogP contribution in [-0.4, -0.2) is 36.0 Å². The predicted molar refractivity (Wildman–Crippen MR) is 71.8 cm³/mol. The molecule has 0 bridgehead atoms. The summed E-state index contributed by atoms with van der Waals surface area (Å²) in [6.07, 6.45) is 0.285. The molecule has 1 aromatic rings. The van der Waals surface area contributed by atoms with Crippen LogP contribution in [-0.2, 0) is 0 Å². The number of halogens is 2. The number of benzene rings is 1. The van der Waals surface area contributed by atoms with Crippen molar-refractivity contribution in [2.24, 2.45) is 0 Å². The molecule has 0 radical (unpaired) electrons. The zero-order valence-electron chi connectivity index (χ0n) is 10.4. The van der Waals surface area contributed by atoms with E-state index in [9.17, 15) is 9.18 Å². The molecule has 1 heterocycles. The zero-order chi connectivity index (χ0) is 14.0. The van der Waals surface area contributed by atoms with E-state index in [1.807, 2.05) is 6.07 Å². The molecular weight excluding hydrogens is 313 g/mol. The van der Waals surface area contributed by atoms with Gasteiger partial charge in [0.05, 0.1) is 18.5 Å². The highest BCUT2D eigenvalue weighted by Crippen LogP contribution is 2.31. The molecule has 1 fully saturated rings. The summed E-state index contributed by atoms with van der Waals surface area (Å²) in [5.41, 5.74) is 0.490. The Bertz CT molecular complexity index is 543. The standard InChI is InChI=1S/C13H13BrFN3O/c1-17-12(8-18(13(17)19)6-2-5-16)10-7-9(14)3-4-11(10)15/h3-4,7,12H,2,6,8H2,1H3. The molecule has 0 aromatic heterocycles. The Morgan fingerprint density at radius 1 is 1.58 bits per heavy atom. The second kappa shape index (κ2) is 5.57. The molecule has 1 aliphatic heterocycles. The number of hydrogen-bond acceptors (Lipinski definition) is 2. The van der Waals surface area contributed by atoms with Crippen LogP contribution >= 0.6 is 15.9 Å². The maximum atomic E-state index is 13.9. The lowest BCUT2D eigenvalue weighted by atomic mass is 10.1. The summed E-state index contributed by atoms with van der Waals surface area (Å²) in [4.78, 5) is 15.1. The van der Waals surface area contributed by atoms with E-state index in [0.717, 1.165) is 4.47 Å². The van der Waals surface area contributed by atoms with E-state index in [0.29, 0.717) is 18.7 Å². The number of amides is 2. The highest BCUT2D eigenvalue weighted by molar-refractivity contribution is 9.10. The van der Waals surface area contributed by atoms with Crippen LogP contribution in [0.1, 0.15) is 18.0 Å². The van der Waals surface area contributed by atoms with Gasteiger partial charge in [0.15, 0.2) is 0 Å². The van der Waals surface area contributed by atoms with Crippen LogP contribution in [0.3, 0.4) is 0 Å². The van der Waals surface area contributed by atoms with Crippen molar-refractivity contribution in [3.63, 3.8) is 0 Å². The second-order valence-corrected chi connectivity index (χ2v) is 5.34. The number of urea groups is 1. The summed E-state index contributed by atoms with van der Waals surface area (Å²) >= 11 is 3.31. The number of hydrogen-bond donors (Lipinski definition) is 0. The van der Waals surface area contributed by atoms with Gasteiger partial charge in [-0.05, 0) is 18.2 Å². The molecule has 4 nitrogen and oxygen atoms in total. The van der Waals surface area contributed by atoms with Crippen LogP contribution < -0.4 is 0 Å². The topological polar surface area (TPSA) is 47.3 Å². The first-order chi connectivity index (χ1) is 9.04. The maximum absolute atomic E-state index is 13.9. The van der Waals surface area contributed by atoms with E-state index < -0.39 is 0 Å². The summed E-state index contributed by atoms with van der Waals surface area (Å²) < 4.78 is 14.6. The Morgan fingerprint density at radius 2 is 2.32 bits per heavy atom. The Labute approximate surface area is 119 Å². The van der Waals surface area contributed by atoms with Crippen molar-refractivity contribution in [3.8, 4) is 6.07 Å². The zero-order valence-corrected chi connectivity index (χ0v) is 12.0. The van der Waals surface area contributed by atoms with Crippen molar-refractivity contribution in [1.82, 2.24) is 9.80 Å². The van der Waals surface area contributed by atoms with E-state index in [1.54, 1.807) is 24.1 Å². The van der Waals surface area contributed by atoms with Gasteiger partial charge in [0, 0.05) is 30.2 Å². The molecular formula is C13H13BrFN3O. The minimum absolute atomic E-state index is 0.167. The normalized spacial score (nSPS) is 18.8. The molecule has 2 rings (SSSR count). The Morgan fingerprint density at radius 3 is 3.00 bits per heavy atom. The first kappa shape index (κ1) is 13.8. The first-order valence-corrected chi connectivity index (χ1v) is 6.67. The number of carbonyl (C=O) groups excluding carboxylic acids is 1. The van der Waals surface area contributed by atoms with E-state index in [4.69, 9.17) is 5.26 Å². The number of nitrogens with zero attached hydrogens (tertiary/aromatic N) is 3. The van der Waals surface area contributed by atoms with Gasteiger partial charge in [0.2, 0.25) is 0 Å². The molecule has 6 heteroatoms. The van der Waals surface area contributed by atoms with Gasteiger partial charge in [0.25, 0.3) is 0 Å². The van der Waals surface area contributed by atoms with Crippen LogP contribution in [0.2, 0.25) is 0 Å². The largest absolute Gasteiger partial charge is 0.321 e. The fourth-order valence-electron chi connectivity index (χ4n) is 2.21. The summed E-state index contributed by atoms with van der Waals surface area (Å²) in [6, 6.07) is 6.23. The molecule has 0 spiro atoms. The Balaban J connectivity index is 2.24. The minimum Gasteiger partial charge on any atom is -0.321 e.